The molecule has 0 saturated carbocycles. The van der Waals surface area contributed by atoms with E-state index in [1.165, 1.54) is 0 Å². The molecule has 0 atom stereocenters. The van der Waals surface area contributed by atoms with Crippen molar-refractivity contribution in [3.05, 3.63) is 10.1 Å². The molecule has 5 heavy (non-hydrogen) atoms. The molecule has 0 fully saturated rings. The van der Waals surface area contributed by atoms with Gasteiger partial charge in [-0.3, -0.25) is 0 Å². The zero-order valence-electron chi connectivity index (χ0n) is 2.25. The van der Waals surface area contributed by atoms with Gasteiger partial charge in [0.1, 0.15) is 0 Å². The van der Waals surface area contributed by atoms with Crippen LogP contribution in [0.4, 0.5) is 0 Å². The first-order chi connectivity index (χ1) is 2.27. The van der Waals surface area contributed by atoms with Crippen molar-refractivity contribution in [1.82, 2.24) is 0 Å². The van der Waals surface area contributed by atoms with Crippen LogP contribution >= 0.6 is 0 Å². The van der Waals surface area contributed by atoms with E-state index in [1.54, 1.807) is 0 Å². The van der Waals surface area contributed by atoms with Crippen molar-refractivity contribution in [3.8, 4) is 0 Å². The summed E-state index contributed by atoms with van der Waals surface area (Å²) in [5.74, 6) is 0. The van der Waals surface area contributed by atoms with E-state index in [0.717, 1.165) is 0 Å². The van der Waals surface area contributed by atoms with Gasteiger partial charge in [-0.15, -0.1) is 0 Å². The van der Waals surface area contributed by atoms with E-state index in [-0.39, 0.29) is 26.2 Å². The van der Waals surface area contributed by atoms with Gasteiger partial charge in [-0.1, -0.05) is 0 Å². The zero-order chi connectivity index (χ0) is 4.28. The Balaban J connectivity index is 2.85. The van der Waals surface area contributed by atoms with E-state index >= 15 is 0 Å². The van der Waals surface area contributed by atoms with Crippen LogP contribution in [0.3, 0.4) is 0 Å². The second-order valence-corrected chi connectivity index (χ2v) is 1.15. The molecule has 0 saturated heterocycles. The molecule has 26 valence electrons. The number of rotatable bonds is 1. The van der Waals surface area contributed by atoms with E-state index in [0.29, 0.717) is 0 Å². The molecule has 0 aromatic carbocycles. The van der Waals surface area contributed by atoms with Crippen LogP contribution in [0.2, 0.25) is 0 Å². The topological polar surface area (TPSA) is 52.4 Å². The molecular formula is NO3Tl. The van der Waals surface area contributed by atoms with Gasteiger partial charge in [0.05, 0.1) is 0 Å². The van der Waals surface area contributed by atoms with Crippen molar-refractivity contribution >= 4 is 26.2 Å². The minimum atomic E-state index is -0.801. The molecule has 5 heteroatoms. The summed E-state index contributed by atoms with van der Waals surface area (Å²) in [6.07, 6.45) is 0. The average Bonchev–Trinajstić information content (AvgIpc) is 1.38. The third kappa shape index (κ3) is 4.12. The van der Waals surface area contributed by atoms with E-state index < -0.39 is 5.09 Å². The van der Waals surface area contributed by atoms with Crippen LogP contribution in [0, 0.1) is 10.1 Å². The van der Waals surface area contributed by atoms with Crippen LogP contribution in [-0.4, -0.2) is 31.3 Å². The van der Waals surface area contributed by atoms with Gasteiger partial charge >= 0.3 is 44.2 Å². The SMILES string of the molecule is O=[N+]([O-])[O][Tl]. The molecule has 0 rings (SSSR count). The van der Waals surface area contributed by atoms with E-state index in [9.17, 15) is 0 Å². The van der Waals surface area contributed by atoms with Crippen molar-refractivity contribution in [1.29, 1.82) is 0 Å². The Morgan fingerprint density at radius 1 is 2.00 bits per heavy atom. The molecule has 0 aliphatic carbocycles. The van der Waals surface area contributed by atoms with Gasteiger partial charge in [0.2, 0.25) is 0 Å². The van der Waals surface area contributed by atoms with Crippen molar-refractivity contribution < 1.29 is 7.87 Å². The summed E-state index contributed by atoms with van der Waals surface area (Å²) in [6, 6.07) is 0. The molecule has 0 spiro atoms. The maximum atomic E-state index is 8.99. The molecule has 0 aliphatic heterocycles. The van der Waals surface area contributed by atoms with E-state index in [2.05, 4.69) is 2.79 Å². The van der Waals surface area contributed by atoms with Gasteiger partial charge < -0.3 is 0 Å². The molecule has 0 N–H and O–H groups in total. The van der Waals surface area contributed by atoms with Crippen LogP contribution in [0.5, 0.6) is 0 Å². The summed E-state index contributed by atoms with van der Waals surface area (Å²) in [4.78, 5) is 8.99. The molecular weight excluding hydrogens is 266 g/mol. The molecule has 0 heterocycles. The Morgan fingerprint density at radius 2 is 2.20 bits per heavy atom. The normalized spacial score (nSPS) is 6.20. The Bertz CT molecular complexity index is 42.2. The van der Waals surface area contributed by atoms with Crippen LogP contribution in [0.15, 0.2) is 0 Å². The summed E-state index contributed by atoms with van der Waals surface area (Å²) < 4.78 is 3.64. The molecule has 0 aromatic heterocycles. The molecule has 0 unspecified atom stereocenters. The third-order valence-electron chi connectivity index (χ3n) is 0.0861. The fourth-order valence-electron chi connectivity index (χ4n) is 0. The van der Waals surface area contributed by atoms with Gasteiger partial charge in [-0.05, 0) is 0 Å². The molecule has 0 amide bonds. The fraction of sp³-hybridized carbons (Fsp3) is 0. The Kier molecular flexibility index (Phi) is 2.42. The second-order valence-electron chi connectivity index (χ2n) is 0.329. The molecule has 0 radical (unpaired) electrons. The van der Waals surface area contributed by atoms with Gasteiger partial charge in [-0.25, -0.2) is 0 Å². The van der Waals surface area contributed by atoms with Crippen molar-refractivity contribution in [2.75, 3.05) is 0 Å². The Hall–Kier alpha value is 0.122. The predicted molar refractivity (Wildman–Crippen MR) is 13.8 cm³/mol. The maximum absolute atomic E-state index is 8.99. The van der Waals surface area contributed by atoms with Crippen molar-refractivity contribution in [2.45, 2.75) is 0 Å². The number of hydrogen-bond donors (Lipinski definition) is 0. The Labute approximate surface area is 44.6 Å². The summed E-state index contributed by atoms with van der Waals surface area (Å²) in [5, 5.41) is 8.19. The average molecular weight is 266 g/mol. The van der Waals surface area contributed by atoms with Gasteiger partial charge in [0.15, 0.2) is 0 Å². The molecule has 0 aromatic rings. The minimum absolute atomic E-state index is 0.00926. The fourth-order valence-corrected chi connectivity index (χ4v) is 0. The number of hydrogen-bond acceptors (Lipinski definition) is 3. The van der Waals surface area contributed by atoms with Crippen LogP contribution < -0.4 is 0 Å². The van der Waals surface area contributed by atoms with Crippen LogP contribution in [0.25, 0.3) is 0 Å². The van der Waals surface area contributed by atoms with Gasteiger partial charge in [0.25, 0.3) is 0 Å². The third-order valence-corrected chi connectivity index (χ3v) is 0.755. The predicted octanol–water partition coefficient (Wildman–Crippen LogP) is -0.722. The summed E-state index contributed by atoms with van der Waals surface area (Å²) >= 11 is 0.00926. The van der Waals surface area contributed by atoms with Crippen LogP contribution in [-0.2, 0) is 2.79 Å². The summed E-state index contributed by atoms with van der Waals surface area (Å²) in [7, 11) is 0. The van der Waals surface area contributed by atoms with Crippen molar-refractivity contribution in [2.24, 2.45) is 0 Å². The molecule has 0 aliphatic rings. The van der Waals surface area contributed by atoms with Gasteiger partial charge in [-0.2, -0.15) is 0 Å². The van der Waals surface area contributed by atoms with Crippen LogP contribution in [0.1, 0.15) is 0 Å². The monoisotopic (exact) mass is 267 g/mol. The van der Waals surface area contributed by atoms with E-state index in [1.807, 2.05) is 0 Å². The van der Waals surface area contributed by atoms with Gasteiger partial charge in [0, 0.05) is 0 Å². The molecule has 4 nitrogen and oxygen atoms in total. The first kappa shape index (κ1) is 5.12. The standard InChI is InChI=1S/NO3.Tl/c2-1(3)4;/q-1;+1. The number of nitrogens with zero attached hydrogens (tertiary/aromatic N) is 1. The summed E-state index contributed by atoms with van der Waals surface area (Å²) in [6.45, 7) is 0. The summed E-state index contributed by atoms with van der Waals surface area (Å²) in [5.41, 5.74) is 0. The first-order valence-electron chi connectivity index (χ1n) is 0.783. The zero-order valence-corrected chi connectivity index (χ0v) is 6.74. The quantitative estimate of drug-likeness (QED) is 0.357. The second kappa shape index (κ2) is 2.36. The Morgan fingerprint density at radius 3 is 2.20 bits per heavy atom. The van der Waals surface area contributed by atoms with E-state index in [4.69, 9.17) is 10.1 Å². The van der Waals surface area contributed by atoms with Crippen molar-refractivity contribution in [3.63, 3.8) is 0 Å². The molecule has 0 bridgehead atoms. The first-order valence-corrected chi connectivity index (χ1v) is 2.62.